The molecule has 0 heterocycles. The van der Waals surface area contributed by atoms with Crippen LogP contribution in [0.1, 0.15) is 33.6 Å². The van der Waals surface area contributed by atoms with Crippen LogP contribution < -0.4 is 10.1 Å². The molecule has 0 radical (unpaired) electrons. The van der Waals surface area contributed by atoms with Crippen LogP contribution in [0.2, 0.25) is 5.02 Å². The van der Waals surface area contributed by atoms with Crippen molar-refractivity contribution in [3.63, 3.8) is 0 Å². The van der Waals surface area contributed by atoms with Gasteiger partial charge in [0.05, 0.1) is 5.02 Å². The third kappa shape index (κ3) is 3.26. The van der Waals surface area contributed by atoms with Gasteiger partial charge in [0.1, 0.15) is 11.9 Å². The molecule has 0 aromatic heterocycles. The third-order valence-corrected chi connectivity index (χ3v) is 4.77. The fraction of sp³-hybridized carbons (Fsp3) is 0.600. The summed E-state index contributed by atoms with van der Waals surface area (Å²) in [6.07, 6.45) is 2.43. The molecule has 1 aromatic carbocycles. The van der Waals surface area contributed by atoms with Crippen LogP contribution >= 0.6 is 27.5 Å². The summed E-state index contributed by atoms with van der Waals surface area (Å²) in [5.74, 6) is 0.775. The summed E-state index contributed by atoms with van der Waals surface area (Å²) in [6.45, 7) is 7.76. The van der Waals surface area contributed by atoms with Gasteiger partial charge in [-0.2, -0.15) is 0 Å². The van der Waals surface area contributed by atoms with Gasteiger partial charge < -0.3 is 10.1 Å². The fourth-order valence-corrected chi connectivity index (χ4v) is 3.19. The number of benzene rings is 1. The Morgan fingerprint density at radius 2 is 2.21 bits per heavy atom. The molecule has 0 bridgehead atoms. The zero-order chi connectivity index (χ0) is 14.0. The SMILES string of the molecule is CCCNC1CC(Oc2ccc(Br)cc2Cl)C1(C)C. The van der Waals surface area contributed by atoms with Crippen LogP contribution in [-0.2, 0) is 0 Å². The number of hydrogen-bond donors (Lipinski definition) is 1. The zero-order valence-corrected chi connectivity index (χ0v) is 14.0. The van der Waals surface area contributed by atoms with Gasteiger partial charge in [0, 0.05) is 22.4 Å². The molecule has 1 aliphatic rings. The molecule has 4 heteroatoms. The highest BCUT2D eigenvalue weighted by Crippen LogP contribution is 2.44. The average molecular weight is 347 g/mol. The first-order valence-electron chi connectivity index (χ1n) is 6.80. The molecule has 0 spiro atoms. The summed E-state index contributed by atoms with van der Waals surface area (Å²) in [4.78, 5) is 0. The molecule has 1 fully saturated rings. The van der Waals surface area contributed by atoms with Crippen molar-refractivity contribution in [3.8, 4) is 5.75 Å². The first-order chi connectivity index (χ1) is 8.95. The van der Waals surface area contributed by atoms with Crippen LogP contribution in [0.4, 0.5) is 0 Å². The molecule has 2 atom stereocenters. The molecule has 1 saturated carbocycles. The molecule has 19 heavy (non-hydrogen) atoms. The van der Waals surface area contributed by atoms with E-state index >= 15 is 0 Å². The Morgan fingerprint density at radius 1 is 1.47 bits per heavy atom. The van der Waals surface area contributed by atoms with E-state index in [4.69, 9.17) is 16.3 Å². The molecular formula is C15H21BrClNO. The second-order valence-electron chi connectivity index (χ2n) is 5.75. The summed E-state index contributed by atoms with van der Waals surface area (Å²) in [6, 6.07) is 6.29. The zero-order valence-electron chi connectivity index (χ0n) is 11.7. The van der Waals surface area contributed by atoms with Crippen LogP contribution in [0, 0.1) is 5.41 Å². The van der Waals surface area contributed by atoms with Crippen LogP contribution in [0.25, 0.3) is 0 Å². The normalized spacial score (nSPS) is 24.9. The van der Waals surface area contributed by atoms with Gasteiger partial charge in [-0.3, -0.25) is 0 Å². The quantitative estimate of drug-likeness (QED) is 0.838. The van der Waals surface area contributed by atoms with E-state index in [2.05, 4.69) is 42.0 Å². The van der Waals surface area contributed by atoms with Crippen molar-refractivity contribution in [1.82, 2.24) is 5.32 Å². The van der Waals surface area contributed by atoms with Crippen molar-refractivity contribution in [2.24, 2.45) is 5.41 Å². The number of ether oxygens (including phenoxy) is 1. The van der Waals surface area contributed by atoms with Gasteiger partial charge in [-0.25, -0.2) is 0 Å². The predicted molar refractivity (Wildman–Crippen MR) is 84.0 cm³/mol. The van der Waals surface area contributed by atoms with Crippen LogP contribution in [0.15, 0.2) is 22.7 Å². The van der Waals surface area contributed by atoms with Crippen LogP contribution in [0.3, 0.4) is 0 Å². The topological polar surface area (TPSA) is 21.3 Å². The van der Waals surface area contributed by atoms with Crippen LogP contribution in [-0.4, -0.2) is 18.7 Å². The standard InChI is InChI=1S/C15H21BrClNO/c1-4-7-18-13-9-14(15(13,2)3)19-12-6-5-10(16)8-11(12)17/h5-6,8,13-14,18H,4,7,9H2,1-3H3. The Labute approximate surface area is 129 Å². The van der Waals surface area contributed by atoms with Gasteiger partial charge in [-0.15, -0.1) is 0 Å². The number of nitrogens with one attached hydrogen (secondary N) is 1. The minimum atomic E-state index is 0.144. The Morgan fingerprint density at radius 3 is 2.79 bits per heavy atom. The largest absolute Gasteiger partial charge is 0.488 e. The predicted octanol–water partition coefficient (Wildman–Crippen LogP) is 4.65. The molecule has 1 aliphatic carbocycles. The lowest BCUT2D eigenvalue weighted by Gasteiger charge is -2.51. The van der Waals surface area contributed by atoms with Crippen LogP contribution in [0.5, 0.6) is 5.75 Å². The highest BCUT2D eigenvalue weighted by Gasteiger charge is 2.49. The van der Waals surface area contributed by atoms with Crippen molar-refractivity contribution < 1.29 is 4.74 Å². The Hall–Kier alpha value is -0.250. The molecule has 2 nitrogen and oxygen atoms in total. The Balaban J connectivity index is 1.98. The minimum absolute atomic E-state index is 0.144. The molecule has 0 amide bonds. The maximum atomic E-state index is 6.20. The molecule has 2 rings (SSSR count). The molecule has 106 valence electrons. The summed E-state index contributed by atoms with van der Waals surface area (Å²) in [7, 11) is 0. The Bertz CT molecular complexity index is 450. The highest BCUT2D eigenvalue weighted by molar-refractivity contribution is 9.10. The highest BCUT2D eigenvalue weighted by atomic mass is 79.9. The van der Waals surface area contributed by atoms with Crippen molar-refractivity contribution in [2.75, 3.05) is 6.54 Å². The molecule has 1 aromatic rings. The fourth-order valence-electron chi connectivity index (χ4n) is 2.47. The maximum Gasteiger partial charge on any atom is 0.138 e. The third-order valence-electron chi connectivity index (χ3n) is 3.98. The molecule has 1 N–H and O–H groups in total. The van der Waals surface area contributed by atoms with E-state index in [9.17, 15) is 0 Å². The number of halogens is 2. The number of rotatable bonds is 5. The maximum absolute atomic E-state index is 6.20. The van der Waals surface area contributed by atoms with Gasteiger partial charge in [0.25, 0.3) is 0 Å². The van der Waals surface area contributed by atoms with E-state index in [-0.39, 0.29) is 11.5 Å². The molecule has 0 aliphatic heterocycles. The summed E-state index contributed by atoms with van der Waals surface area (Å²) in [5.41, 5.74) is 0.144. The van der Waals surface area contributed by atoms with E-state index < -0.39 is 0 Å². The monoisotopic (exact) mass is 345 g/mol. The summed E-state index contributed by atoms with van der Waals surface area (Å²) >= 11 is 9.60. The average Bonchev–Trinajstić information content (AvgIpc) is 2.35. The lowest BCUT2D eigenvalue weighted by Crippen LogP contribution is -2.62. The van der Waals surface area contributed by atoms with E-state index in [1.165, 1.54) is 0 Å². The number of hydrogen-bond acceptors (Lipinski definition) is 2. The van der Waals surface area contributed by atoms with Gasteiger partial charge >= 0.3 is 0 Å². The van der Waals surface area contributed by atoms with Gasteiger partial charge in [-0.05, 0) is 31.2 Å². The van der Waals surface area contributed by atoms with Gasteiger partial charge in [0.2, 0.25) is 0 Å². The van der Waals surface area contributed by atoms with Crippen molar-refractivity contribution in [1.29, 1.82) is 0 Å². The first kappa shape index (κ1) is 15.1. The van der Waals surface area contributed by atoms with E-state index in [0.717, 1.165) is 29.6 Å². The lowest BCUT2D eigenvalue weighted by atomic mass is 9.64. The minimum Gasteiger partial charge on any atom is -0.488 e. The second kappa shape index (κ2) is 6.02. The summed E-state index contributed by atoms with van der Waals surface area (Å²) < 4.78 is 7.04. The smallest absolute Gasteiger partial charge is 0.138 e. The van der Waals surface area contributed by atoms with Crippen molar-refractivity contribution in [2.45, 2.75) is 45.8 Å². The van der Waals surface area contributed by atoms with Gasteiger partial charge in [-0.1, -0.05) is 48.3 Å². The van der Waals surface area contributed by atoms with E-state index in [1.807, 2.05) is 18.2 Å². The second-order valence-corrected chi connectivity index (χ2v) is 7.07. The molecule has 0 saturated heterocycles. The van der Waals surface area contributed by atoms with Crippen molar-refractivity contribution >= 4 is 27.5 Å². The summed E-state index contributed by atoms with van der Waals surface area (Å²) in [5, 5.41) is 4.24. The van der Waals surface area contributed by atoms with Crippen molar-refractivity contribution in [3.05, 3.63) is 27.7 Å². The lowest BCUT2D eigenvalue weighted by molar-refractivity contribution is -0.0545. The first-order valence-corrected chi connectivity index (χ1v) is 7.97. The molecule has 2 unspecified atom stereocenters. The Kier molecular flexibility index (Phi) is 4.80. The van der Waals surface area contributed by atoms with E-state index in [0.29, 0.717) is 11.1 Å². The molecular weight excluding hydrogens is 326 g/mol. The van der Waals surface area contributed by atoms with Gasteiger partial charge in [0.15, 0.2) is 0 Å². The van der Waals surface area contributed by atoms with E-state index in [1.54, 1.807) is 0 Å².